The van der Waals surface area contributed by atoms with Crippen LogP contribution < -0.4 is 15.1 Å². The lowest BCUT2D eigenvalue weighted by Crippen LogP contribution is -2.61. The summed E-state index contributed by atoms with van der Waals surface area (Å²) < 4.78 is 2.03. The van der Waals surface area contributed by atoms with Crippen molar-refractivity contribution in [2.75, 3.05) is 9.62 Å². The van der Waals surface area contributed by atoms with Crippen molar-refractivity contribution in [3.05, 3.63) is 123 Å². The second-order valence-corrected chi connectivity index (χ2v) is 11.4. The molecule has 182 valence electrons. The number of anilines is 4. The predicted molar refractivity (Wildman–Crippen MR) is 165 cm³/mol. The van der Waals surface area contributed by atoms with Crippen molar-refractivity contribution in [2.45, 2.75) is 0 Å². The van der Waals surface area contributed by atoms with Gasteiger partial charge >= 0.3 is 6.98 Å². The SMILES string of the molecule is N#Cc1ccc(N2B3c4c(cccc4-c4cc(Br)ccc4N3c3ccc(C#N)cc3)-c3cc(Br)ccc32)cc1. The fourth-order valence-electron chi connectivity index (χ4n) is 5.77. The second kappa shape index (κ2) is 9.17. The van der Waals surface area contributed by atoms with E-state index in [0.29, 0.717) is 11.1 Å². The quantitative estimate of drug-likeness (QED) is 0.185. The maximum Gasteiger partial charge on any atom is 0.421 e. The Balaban J connectivity index is 1.58. The van der Waals surface area contributed by atoms with Gasteiger partial charge in [0.15, 0.2) is 0 Å². The molecule has 4 nitrogen and oxygen atoms in total. The predicted octanol–water partition coefficient (Wildman–Crippen LogP) is 8.29. The van der Waals surface area contributed by atoms with E-state index in [-0.39, 0.29) is 6.98 Å². The van der Waals surface area contributed by atoms with E-state index in [1.807, 2.05) is 48.5 Å². The number of nitriles is 2. The summed E-state index contributed by atoms with van der Waals surface area (Å²) in [5, 5.41) is 18.9. The number of hydrogen-bond acceptors (Lipinski definition) is 4. The van der Waals surface area contributed by atoms with Crippen molar-refractivity contribution in [3.63, 3.8) is 0 Å². The molecule has 5 aromatic rings. The zero-order chi connectivity index (χ0) is 26.7. The molecular weight excluding hydrogens is 611 g/mol. The molecule has 0 saturated carbocycles. The van der Waals surface area contributed by atoms with Crippen LogP contribution in [0.5, 0.6) is 0 Å². The van der Waals surface area contributed by atoms with Gasteiger partial charge in [0, 0.05) is 42.8 Å². The summed E-state index contributed by atoms with van der Waals surface area (Å²) in [6.45, 7) is -0.209. The van der Waals surface area contributed by atoms with E-state index in [1.54, 1.807) is 0 Å². The van der Waals surface area contributed by atoms with Crippen LogP contribution in [0.3, 0.4) is 0 Å². The summed E-state index contributed by atoms with van der Waals surface area (Å²) in [6, 6.07) is 39.4. The number of fused-ring (bicyclic) bond motifs is 4. The van der Waals surface area contributed by atoms with Gasteiger partial charge in [-0.2, -0.15) is 10.5 Å². The van der Waals surface area contributed by atoms with E-state index < -0.39 is 0 Å². The maximum atomic E-state index is 9.46. The van der Waals surface area contributed by atoms with Crippen LogP contribution in [0.25, 0.3) is 22.3 Å². The molecule has 0 aromatic heterocycles. The van der Waals surface area contributed by atoms with Crippen LogP contribution in [-0.2, 0) is 0 Å². The molecule has 0 radical (unpaired) electrons. The Labute approximate surface area is 243 Å². The van der Waals surface area contributed by atoms with Gasteiger partial charge in [0.1, 0.15) is 0 Å². The largest absolute Gasteiger partial charge is 0.421 e. The highest BCUT2D eigenvalue weighted by atomic mass is 79.9. The Bertz CT molecular complexity index is 1740. The number of nitrogens with zero attached hydrogens (tertiary/aromatic N) is 4. The molecule has 0 atom stereocenters. The van der Waals surface area contributed by atoms with Gasteiger partial charge in [-0.3, -0.25) is 0 Å². The van der Waals surface area contributed by atoms with E-state index in [0.717, 1.165) is 42.8 Å². The number of rotatable bonds is 2. The lowest BCUT2D eigenvalue weighted by atomic mass is 9.53. The summed E-state index contributed by atoms with van der Waals surface area (Å²) in [5.74, 6) is 0. The first-order valence-corrected chi connectivity index (χ1v) is 14.0. The lowest BCUT2D eigenvalue weighted by molar-refractivity contribution is 1.26. The summed E-state index contributed by atoms with van der Waals surface area (Å²) in [5.41, 5.74) is 11.2. The Morgan fingerprint density at radius 3 is 1.38 bits per heavy atom. The van der Waals surface area contributed by atoms with E-state index >= 15 is 0 Å². The molecule has 0 unspecified atom stereocenters. The molecule has 0 N–H and O–H groups in total. The van der Waals surface area contributed by atoms with E-state index in [1.165, 1.54) is 16.6 Å². The summed E-state index contributed by atoms with van der Waals surface area (Å²) in [4.78, 5) is 4.72. The third-order valence-electron chi connectivity index (χ3n) is 7.42. The van der Waals surface area contributed by atoms with Crippen molar-refractivity contribution < 1.29 is 0 Å². The fourth-order valence-corrected chi connectivity index (χ4v) is 6.49. The van der Waals surface area contributed by atoms with E-state index in [9.17, 15) is 10.5 Å². The highest BCUT2D eigenvalue weighted by Gasteiger charge is 2.46. The molecular formula is C32H17BBr2N4. The van der Waals surface area contributed by atoms with Gasteiger partial charge in [0.25, 0.3) is 0 Å². The Kier molecular flexibility index (Phi) is 5.59. The molecule has 7 heteroatoms. The van der Waals surface area contributed by atoms with Crippen molar-refractivity contribution in [3.8, 4) is 34.4 Å². The molecule has 5 aromatic carbocycles. The smallest absolute Gasteiger partial charge is 0.361 e. The van der Waals surface area contributed by atoms with Gasteiger partial charge in [-0.05, 0) is 102 Å². The highest BCUT2D eigenvalue weighted by molar-refractivity contribution is 9.10. The molecule has 0 bridgehead atoms. The van der Waals surface area contributed by atoms with Crippen LogP contribution in [-0.4, -0.2) is 6.98 Å². The van der Waals surface area contributed by atoms with Crippen LogP contribution in [0.4, 0.5) is 22.7 Å². The molecule has 2 heterocycles. The molecule has 0 spiro atoms. The minimum absolute atomic E-state index is 0.209. The van der Waals surface area contributed by atoms with Gasteiger partial charge in [-0.25, -0.2) is 0 Å². The second-order valence-electron chi connectivity index (χ2n) is 9.52. The minimum atomic E-state index is -0.209. The number of halogens is 2. The number of hydrogen-bond donors (Lipinski definition) is 0. The van der Waals surface area contributed by atoms with Gasteiger partial charge in [0.2, 0.25) is 0 Å². The summed E-state index contributed by atoms with van der Waals surface area (Å²) >= 11 is 7.40. The minimum Gasteiger partial charge on any atom is -0.361 e. The summed E-state index contributed by atoms with van der Waals surface area (Å²) in [6.07, 6.45) is 0. The Morgan fingerprint density at radius 1 is 0.538 bits per heavy atom. The van der Waals surface area contributed by atoms with Crippen LogP contribution in [0.15, 0.2) is 112 Å². The Morgan fingerprint density at radius 2 is 0.974 bits per heavy atom. The standard InChI is InChI=1S/C32H17BBr2N4/c34-22-8-14-30-28(16-22)26-2-1-3-27-29-17-23(35)9-15-31(29)39(25-12-6-21(19-37)7-13-25)33(32(26)27)38(30)24-10-4-20(18-36)5-11-24/h1-17H. The lowest BCUT2D eigenvalue weighted by Gasteiger charge is -2.47. The van der Waals surface area contributed by atoms with Crippen molar-refractivity contribution in [1.82, 2.24) is 0 Å². The van der Waals surface area contributed by atoms with Crippen molar-refractivity contribution >= 4 is 67.1 Å². The third-order valence-corrected chi connectivity index (χ3v) is 8.41. The molecule has 7 rings (SSSR count). The van der Waals surface area contributed by atoms with Crippen LogP contribution in [0.2, 0.25) is 0 Å². The first-order valence-electron chi connectivity index (χ1n) is 12.4. The third kappa shape index (κ3) is 3.70. The van der Waals surface area contributed by atoms with Gasteiger partial charge in [0.05, 0.1) is 23.3 Å². The molecule has 0 aliphatic carbocycles. The van der Waals surface area contributed by atoms with E-state index in [2.05, 4.69) is 108 Å². The van der Waals surface area contributed by atoms with Crippen LogP contribution in [0.1, 0.15) is 11.1 Å². The molecule has 2 aliphatic rings. The average molecular weight is 628 g/mol. The topological polar surface area (TPSA) is 54.1 Å². The van der Waals surface area contributed by atoms with Gasteiger partial charge in [-0.1, -0.05) is 50.1 Å². The fraction of sp³-hybridized carbons (Fsp3) is 0. The van der Waals surface area contributed by atoms with Crippen molar-refractivity contribution in [2.24, 2.45) is 0 Å². The van der Waals surface area contributed by atoms with Gasteiger partial charge < -0.3 is 9.62 Å². The molecule has 0 saturated heterocycles. The first-order chi connectivity index (χ1) is 19.1. The molecule has 2 aliphatic heterocycles. The molecule has 0 fully saturated rings. The van der Waals surface area contributed by atoms with Crippen molar-refractivity contribution in [1.29, 1.82) is 10.5 Å². The molecule has 39 heavy (non-hydrogen) atoms. The van der Waals surface area contributed by atoms with Crippen LogP contribution >= 0.6 is 31.9 Å². The van der Waals surface area contributed by atoms with E-state index in [4.69, 9.17) is 0 Å². The molecule has 0 amide bonds. The normalized spacial score (nSPS) is 12.7. The maximum absolute atomic E-state index is 9.46. The Hall–Kier alpha value is -4.30. The van der Waals surface area contributed by atoms with Gasteiger partial charge in [-0.15, -0.1) is 0 Å². The zero-order valence-electron chi connectivity index (χ0n) is 20.4. The number of benzene rings is 5. The first kappa shape index (κ1) is 23.8. The van der Waals surface area contributed by atoms with Crippen LogP contribution in [0, 0.1) is 22.7 Å². The summed E-state index contributed by atoms with van der Waals surface area (Å²) in [7, 11) is 0. The zero-order valence-corrected chi connectivity index (χ0v) is 23.6. The highest BCUT2D eigenvalue weighted by Crippen LogP contribution is 2.49. The monoisotopic (exact) mass is 626 g/mol. The average Bonchev–Trinajstić information content (AvgIpc) is 2.98.